The van der Waals surface area contributed by atoms with Crippen molar-refractivity contribution >= 4 is 23.5 Å². The molecule has 2 rings (SSSR count). The van der Waals surface area contributed by atoms with Crippen molar-refractivity contribution < 1.29 is 19.1 Å². The smallest absolute Gasteiger partial charge is 0.328 e. The molecular weight excluding hydrogens is 344 g/mol. The first-order valence-corrected chi connectivity index (χ1v) is 8.80. The van der Waals surface area contributed by atoms with E-state index >= 15 is 0 Å². The molecular formula is C21H24N2O4. The van der Waals surface area contributed by atoms with E-state index in [4.69, 9.17) is 4.74 Å². The minimum absolute atomic E-state index is 0.221. The number of esters is 1. The van der Waals surface area contributed by atoms with Crippen molar-refractivity contribution in [2.45, 2.75) is 32.2 Å². The van der Waals surface area contributed by atoms with E-state index in [0.717, 1.165) is 12.8 Å². The number of methoxy groups -OCH3 is 1. The Labute approximate surface area is 158 Å². The van der Waals surface area contributed by atoms with Crippen LogP contribution in [-0.4, -0.2) is 30.9 Å². The van der Waals surface area contributed by atoms with Crippen LogP contribution in [0, 0.1) is 0 Å². The summed E-state index contributed by atoms with van der Waals surface area (Å²) in [6.07, 6.45) is 2.01. The molecule has 0 aliphatic heterocycles. The molecule has 0 aliphatic rings. The highest BCUT2D eigenvalue weighted by molar-refractivity contribution is 5.98. The number of aryl methyl sites for hydroxylation is 1. The molecule has 2 N–H and O–H groups in total. The monoisotopic (exact) mass is 368 g/mol. The summed E-state index contributed by atoms with van der Waals surface area (Å²) < 4.78 is 4.82. The molecule has 0 bridgehead atoms. The van der Waals surface area contributed by atoms with Gasteiger partial charge in [0.2, 0.25) is 5.91 Å². The van der Waals surface area contributed by atoms with Crippen LogP contribution in [0.4, 0.5) is 5.69 Å². The maximum atomic E-state index is 12.5. The lowest BCUT2D eigenvalue weighted by Crippen LogP contribution is -2.41. The summed E-state index contributed by atoms with van der Waals surface area (Å²) in [4.78, 5) is 35.7. The minimum atomic E-state index is -0.726. The average Bonchev–Trinajstić information content (AvgIpc) is 2.67. The Morgan fingerprint density at radius 1 is 1.04 bits per heavy atom. The SMILES string of the molecule is COC(=O)[C@@H](CCCc1ccccc1)NC(=O)c1cccc(NC(C)=O)c1. The number of hydrogen-bond donors (Lipinski definition) is 2. The number of amides is 2. The lowest BCUT2D eigenvalue weighted by Gasteiger charge is -2.17. The third-order valence-corrected chi connectivity index (χ3v) is 4.04. The summed E-state index contributed by atoms with van der Waals surface area (Å²) in [6, 6.07) is 15.8. The van der Waals surface area contributed by atoms with Gasteiger partial charge in [0.05, 0.1) is 7.11 Å². The molecule has 0 aromatic heterocycles. The Balaban J connectivity index is 1.99. The Hall–Kier alpha value is -3.15. The Morgan fingerprint density at radius 3 is 2.44 bits per heavy atom. The van der Waals surface area contributed by atoms with Crippen molar-refractivity contribution in [2.75, 3.05) is 12.4 Å². The second-order valence-corrected chi connectivity index (χ2v) is 6.19. The van der Waals surface area contributed by atoms with E-state index in [1.807, 2.05) is 30.3 Å². The molecule has 6 nitrogen and oxygen atoms in total. The first kappa shape index (κ1) is 20.2. The van der Waals surface area contributed by atoms with E-state index in [2.05, 4.69) is 10.6 Å². The number of anilines is 1. The van der Waals surface area contributed by atoms with Crippen LogP contribution < -0.4 is 10.6 Å². The summed E-state index contributed by atoms with van der Waals surface area (Å²) in [7, 11) is 1.30. The van der Waals surface area contributed by atoms with Crippen molar-refractivity contribution in [1.29, 1.82) is 0 Å². The zero-order valence-corrected chi connectivity index (χ0v) is 15.5. The highest BCUT2D eigenvalue weighted by Crippen LogP contribution is 2.12. The second-order valence-electron chi connectivity index (χ2n) is 6.19. The molecule has 6 heteroatoms. The van der Waals surface area contributed by atoms with Crippen LogP contribution in [0.5, 0.6) is 0 Å². The van der Waals surface area contributed by atoms with Gasteiger partial charge in [-0.05, 0) is 43.0 Å². The molecule has 1 atom stereocenters. The standard InChI is InChI=1S/C21H24N2O4/c1-15(24)22-18-12-7-11-17(14-18)20(25)23-19(21(26)27-2)13-6-10-16-8-4-3-5-9-16/h3-5,7-9,11-12,14,19H,6,10,13H2,1-2H3,(H,22,24)(H,23,25)/t19-/m1/s1. The van der Waals surface area contributed by atoms with Crippen molar-refractivity contribution in [1.82, 2.24) is 5.32 Å². The molecule has 0 fully saturated rings. The van der Waals surface area contributed by atoms with E-state index in [0.29, 0.717) is 17.7 Å². The predicted molar refractivity (Wildman–Crippen MR) is 103 cm³/mol. The van der Waals surface area contributed by atoms with Crippen LogP contribution in [-0.2, 0) is 20.7 Å². The molecule has 0 saturated carbocycles. The van der Waals surface area contributed by atoms with Crippen molar-refractivity contribution in [3.05, 3.63) is 65.7 Å². The summed E-state index contributed by atoms with van der Waals surface area (Å²) in [5.74, 6) is -1.09. The fourth-order valence-corrected chi connectivity index (χ4v) is 2.73. The van der Waals surface area contributed by atoms with Gasteiger partial charge in [0, 0.05) is 18.2 Å². The quantitative estimate of drug-likeness (QED) is 0.702. The number of benzene rings is 2. The molecule has 0 heterocycles. The maximum Gasteiger partial charge on any atom is 0.328 e. The largest absolute Gasteiger partial charge is 0.467 e. The number of carbonyl (C=O) groups is 3. The number of nitrogens with one attached hydrogen (secondary N) is 2. The molecule has 2 aromatic rings. The van der Waals surface area contributed by atoms with Crippen LogP contribution in [0.25, 0.3) is 0 Å². The summed E-state index contributed by atoms with van der Waals surface area (Å²) in [6.45, 7) is 1.40. The lowest BCUT2D eigenvalue weighted by molar-refractivity contribution is -0.143. The average molecular weight is 368 g/mol. The van der Waals surface area contributed by atoms with Crippen LogP contribution in [0.1, 0.15) is 35.7 Å². The Morgan fingerprint density at radius 2 is 1.78 bits per heavy atom. The summed E-state index contributed by atoms with van der Waals surface area (Å²) >= 11 is 0. The van der Waals surface area contributed by atoms with Gasteiger partial charge in [-0.2, -0.15) is 0 Å². The Bertz CT molecular complexity index is 790. The van der Waals surface area contributed by atoms with Gasteiger partial charge in [0.15, 0.2) is 0 Å². The van der Waals surface area contributed by atoms with E-state index in [1.54, 1.807) is 24.3 Å². The van der Waals surface area contributed by atoms with Gasteiger partial charge in [0.1, 0.15) is 6.04 Å². The van der Waals surface area contributed by atoms with E-state index in [9.17, 15) is 14.4 Å². The van der Waals surface area contributed by atoms with Gasteiger partial charge >= 0.3 is 5.97 Å². The molecule has 142 valence electrons. The molecule has 2 amide bonds. The van der Waals surface area contributed by atoms with Crippen LogP contribution >= 0.6 is 0 Å². The van der Waals surface area contributed by atoms with Gasteiger partial charge < -0.3 is 15.4 Å². The summed E-state index contributed by atoms with van der Waals surface area (Å²) in [5.41, 5.74) is 2.06. The first-order chi connectivity index (χ1) is 13.0. The number of carbonyl (C=O) groups excluding carboxylic acids is 3. The van der Waals surface area contributed by atoms with Gasteiger partial charge in [-0.15, -0.1) is 0 Å². The van der Waals surface area contributed by atoms with Crippen molar-refractivity contribution in [3.63, 3.8) is 0 Å². The van der Waals surface area contributed by atoms with Gasteiger partial charge in [-0.25, -0.2) is 4.79 Å². The number of rotatable bonds is 8. The van der Waals surface area contributed by atoms with E-state index < -0.39 is 17.9 Å². The van der Waals surface area contributed by atoms with Crippen molar-refractivity contribution in [2.24, 2.45) is 0 Å². The molecule has 0 radical (unpaired) electrons. The number of ether oxygens (including phenoxy) is 1. The van der Waals surface area contributed by atoms with Gasteiger partial charge in [-0.3, -0.25) is 9.59 Å². The normalized spacial score (nSPS) is 11.3. The topological polar surface area (TPSA) is 84.5 Å². The number of hydrogen-bond acceptors (Lipinski definition) is 4. The molecule has 27 heavy (non-hydrogen) atoms. The van der Waals surface area contributed by atoms with Crippen LogP contribution in [0.15, 0.2) is 54.6 Å². The Kier molecular flexibility index (Phi) is 7.55. The second kappa shape index (κ2) is 10.1. The predicted octanol–water partition coefficient (Wildman–Crippen LogP) is 2.94. The minimum Gasteiger partial charge on any atom is -0.467 e. The van der Waals surface area contributed by atoms with E-state index in [1.165, 1.54) is 19.6 Å². The molecule has 2 aromatic carbocycles. The third kappa shape index (κ3) is 6.58. The maximum absolute atomic E-state index is 12.5. The lowest BCUT2D eigenvalue weighted by atomic mass is 10.0. The van der Waals surface area contributed by atoms with Gasteiger partial charge in [0.25, 0.3) is 5.91 Å². The highest BCUT2D eigenvalue weighted by atomic mass is 16.5. The summed E-state index contributed by atoms with van der Waals surface area (Å²) in [5, 5.41) is 5.35. The van der Waals surface area contributed by atoms with Crippen LogP contribution in [0.2, 0.25) is 0 Å². The fourth-order valence-electron chi connectivity index (χ4n) is 2.73. The van der Waals surface area contributed by atoms with E-state index in [-0.39, 0.29) is 5.91 Å². The highest BCUT2D eigenvalue weighted by Gasteiger charge is 2.22. The first-order valence-electron chi connectivity index (χ1n) is 8.80. The molecule has 0 aliphatic carbocycles. The fraction of sp³-hybridized carbons (Fsp3) is 0.286. The third-order valence-electron chi connectivity index (χ3n) is 4.04. The van der Waals surface area contributed by atoms with Crippen molar-refractivity contribution in [3.8, 4) is 0 Å². The van der Waals surface area contributed by atoms with Gasteiger partial charge in [-0.1, -0.05) is 36.4 Å². The zero-order chi connectivity index (χ0) is 19.6. The molecule has 0 saturated heterocycles. The van der Waals surface area contributed by atoms with Crippen LogP contribution in [0.3, 0.4) is 0 Å². The molecule has 0 unspecified atom stereocenters. The zero-order valence-electron chi connectivity index (χ0n) is 15.5. The molecule has 0 spiro atoms.